The van der Waals surface area contributed by atoms with Crippen molar-refractivity contribution in [1.82, 2.24) is 9.55 Å². The van der Waals surface area contributed by atoms with Crippen LogP contribution >= 0.6 is 11.3 Å². The van der Waals surface area contributed by atoms with Gasteiger partial charge in [-0.15, -0.1) is 11.3 Å². The second kappa shape index (κ2) is 13.0. The highest BCUT2D eigenvalue weighted by molar-refractivity contribution is 7.21. The van der Waals surface area contributed by atoms with E-state index in [-0.39, 0.29) is 30.8 Å². The molecule has 1 amide bonds. The number of aliphatic hydroxyl groups excluding tert-OH is 1. The summed E-state index contributed by atoms with van der Waals surface area (Å²) in [7, 11) is 0. The van der Waals surface area contributed by atoms with Crippen LogP contribution in [0.4, 0.5) is 5.69 Å². The van der Waals surface area contributed by atoms with Gasteiger partial charge in [-0.3, -0.25) is 14.2 Å². The van der Waals surface area contributed by atoms with Gasteiger partial charge < -0.3 is 19.9 Å². The number of amides is 1. The Labute approximate surface area is 275 Å². The molecule has 0 bridgehead atoms. The first-order chi connectivity index (χ1) is 22.8. The van der Waals surface area contributed by atoms with Crippen molar-refractivity contribution < 1.29 is 24.2 Å². The predicted octanol–water partition coefficient (Wildman–Crippen LogP) is 7.95. The Hall–Kier alpha value is -5.09. The Bertz CT molecular complexity index is 2130. The molecule has 0 aliphatic carbocycles. The summed E-state index contributed by atoms with van der Waals surface area (Å²) < 4.78 is 15.1. The molecule has 3 heterocycles. The van der Waals surface area contributed by atoms with Crippen molar-refractivity contribution in [1.29, 1.82) is 0 Å². The van der Waals surface area contributed by atoms with Gasteiger partial charge in [0.2, 0.25) is 12.2 Å². The van der Waals surface area contributed by atoms with E-state index in [2.05, 4.69) is 24.4 Å². The van der Waals surface area contributed by atoms with Crippen molar-refractivity contribution in [3.8, 4) is 10.6 Å². The van der Waals surface area contributed by atoms with Crippen molar-refractivity contribution in [2.45, 2.75) is 45.7 Å². The van der Waals surface area contributed by atoms with Crippen LogP contribution in [0.25, 0.3) is 31.7 Å². The number of para-hydroxylation sites is 1. The number of thiazole rings is 1. The van der Waals surface area contributed by atoms with E-state index >= 15 is 0 Å². The highest BCUT2D eigenvalue weighted by Crippen LogP contribution is 2.37. The molecule has 6 aromatic rings. The molecule has 1 aliphatic rings. The van der Waals surface area contributed by atoms with Gasteiger partial charge in [0.1, 0.15) is 5.01 Å². The summed E-state index contributed by atoms with van der Waals surface area (Å²) in [5, 5.41) is 14.2. The number of hydrogen-bond donors (Lipinski definition) is 2. The molecule has 47 heavy (non-hydrogen) atoms. The second-order valence-electron chi connectivity index (χ2n) is 11.7. The Morgan fingerprint density at radius 2 is 1.79 bits per heavy atom. The van der Waals surface area contributed by atoms with E-state index < -0.39 is 12.2 Å². The van der Waals surface area contributed by atoms with Gasteiger partial charge in [0.25, 0.3) is 5.91 Å². The quantitative estimate of drug-likeness (QED) is 0.175. The molecule has 7 rings (SSSR count). The number of hydrogen-bond acceptors (Lipinski definition) is 7. The lowest BCUT2D eigenvalue weighted by Crippen LogP contribution is -2.29. The molecule has 0 saturated carbocycles. The molecule has 9 heteroatoms. The zero-order valence-electron chi connectivity index (χ0n) is 26.0. The molecule has 0 saturated heterocycles. The normalized spacial score (nSPS) is 16.2. The third kappa shape index (κ3) is 6.46. The zero-order valence-corrected chi connectivity index (χ0v) is 26.8. The summed E-state index contributed by atoms with van der Waals surface area (Å²) in [5.74, 6) is -0.590. The number of allylic oxidation sites excluding steroid dienone is 1. The van der Waals surface area contributed by atoms with Crippen molar-refractivity contribution in [3.05, 3.63) is 131 Å². The number of anilines is 1. The highest BCUT2D eigenvalue weighted by Gasteiger charge is 2.31. The summed E-state index contributed by atoms with van der Waals surface area (Å²) >= 11 is 1.64. The van der Waals surface area contributed by atoms with Crippen LogP contribution in [-0.2, 0) is 27.5 Å². The lowest BCUT2D eigenvalue weighted by molar-refractivity contribution is -0.147. The first kappa shape index (κ1) is 30.6. The van der Waals surface area contributed by atoms with E-state index in [4.69, 9.17) is 14.5 Å². The minimum absolute atomic E-state index is 0.0316. The van der Waals surface area contributed by atoms with E-state index in [1.54, 1.807) is 15.9 Å². The number of carbonyl (C=O) groups excluding carboxylic acids is 2. The topological polar surface area (TPSA) is 103 Å². The number of carbonyl (C=O) groups is 2. The van der Waals surface area contributed by atoms with Gasteiger partial charge in [-0.1, -0.05) is 48.5 Å². The van der Waals surface area contributed by atoms with Gasteiger partial charge in [-0.25, -0.2) is 4.98 Å². The third-order valence-electron chi connectivity index (χ3n) is 8.34. The molecular formula is C38H33N3O5S. The fourth-order valence-electron chi connectivity index (χ4n) is 5.87. The predicted molar refractivity (Wildman–Crippen MR) is 184 cm³/mol. The minimum Gasteiger partial charge on any atom is -0.459 e. The summed E-state index contributed by atoms with van der Waals surface area (Å²) in [5.41, 5.74) is 7.21. The van der Waals surface area contributed by atoms with E-state index in [0.29, 0.717) is 12.1 Å². The molecule has 0 fully saturated rings. The van der Waals surface area contributed by atoms with Gasteiger partial charge in [-0.2, -0.15) is 0 Å². The summed E-state index contributed by atoms with van der Waals surface area (Å²) in [6, 6.07) is 29.1. The number of nitrogens with zero attached hydrogens (tertiary/aromatic N) is 2. The summed E-state index contributed by atoms with van der Waals surface area (Å²) in [6.45, 7) is 3.84. The van der Waals surface area contributed by atoms with Crippen LogP contribution < -0.4 is 5.32 Å². The standard InChI is InChI=1S/C38H33N3O5S/c1-23-7-16-32-35(17-23)47-38(40-32)27-12-14-29(15-13-27)39-37(44)34-18-28(31-20-41(24(2)43)33-6-4-3-5-30(31)33)19-36(46-34)45-22-26-10-8-25(21-42)9-11-26/h3-18,20,28,36,42H,19,21-22H2,1-2H3,(H,39,44)/t28-,36+/m0/s1. The fraction of sp³-hybridized carbons (Fsp3) is 0.184. The maximum atomic E-state index is 13.7. The van der Waals surface area contributed by atoms with Crippen LogP contribution in [0.2, 0.25) is 0 Å². The molecule has 236 valence electrons. The van der Waals surface area contributed by atoms with Crippen LogP contribution in [-0.4, -0.2) is 32.8 Å². The van der Waals surface area contributed by atoms with Crippen LogP contribution in [0.3, 0.4) is 0 Å². The SMILES string of the molecule is CC(=O)n1cc([C@H]2C=C(C(=O)Nc3ccc(-c4nc5ccc(C)cc5s4)cc3)O[C@@H](OCc3ccc(CO)cc3)C2)c2ccccc21. The van der Waals surface area contributed by atoms with Gasteiger partial charge in [-0.05, 0) is 77.7 Å². The van der Waals surface area contributed by atoms with E-state index in [1.807, 2.05) is 91.1 Å². The number of benzene rings is 4. The molecule has 8 nitrogen and oxygen atoms in total. The number of ether oxygens (including phenoxy) is 2. The van der Waals surface area contributed by atoms with Crippen molar-refractivity contribution >= 4 is 50.0 Å². The maximum Gasteiger partial charge on any atom is 0.290 e. The Kier molecular flexibility index (Phi) is 8.43. The van der Waals surface area contributed by atoms with Crippen LogP contribution in [0, 0.1) is 6.92 Å². The second-order valence-corrected chi connectivity index (χ2v) is 12.7. The van der Waals surface area contributed by atoms with Crippen molar-refractivity contribution in [2.75, 3.05) is 5.32 Å². The number of rotatable bonds is 8. The van der Waals surface area contributed by atoms with Gasteiger partial charge >= 0.3 is 0 Å². The molecule has 0 unspecified atom stereocenters. The van der Waals surface area contributed by atoms with Crippen LogP contribution in [0.15, 0.2) is 109 Å². The average Bonchev–Trinajstić information content (AvgIpc) is 3.70. The molecule has 2 aromatic heterocycles. The van der Waals surface area contributed by atoms with E-state index in [1.165, 1.54) is 12.5 Å². The number of aromatic nitrogens is 2. The monoisotopic (exact) mass is 643 g/mol. The van der Waals surface area contributed by atoms with Crippen LogP contribution in [0.1, 0.15) is 46.3 Å². The number of aryl methyl sites for hydroxylation is 1. The molecule has 2 atom stereocenters. The fourth-order valence-corrected chi connectivity index (χ4v) is 6.94. The lowest BCUT2D eigenvalue weighted by Gasteiger charge is -2.29. The van der Waals surface area contributed by atoms with Crippen LogP contribution in [0.5, 0.6) is 0 Å². The maximum absolute atomic E-state index is 13.7. The Morgan fingerprint density at radius 1 is 1.02 bits per heavy atom. The average molecular weight is 644 g/mol. The Morgan fingerprint density at radius 3 is 2.55 bits per heavy atom. The highest BCUT2D eigenvalue weighted by atomic mass is 32.1. The number of nitrogens with one attached hydrogen (secondary N) is 1. The van der Waals surface area contributed by atoms with Crippen molar-refractivity contribution in [3.63, 3.8) is 0 Å². The van der Waals surface area contributed by atoms with Gasteiger partial charge in [0.15, 0.2) is 5.76 Å². The molecule has 4 aromatic carbocycles. The number of aliphatic hydroxyl groups is 1. The summed E-state index contributed by atoms with van der Waals surface area (Å²) in [4.78, 5) is 30.9. The van der Waals surface area contributed by atoms with Gasteiger partial charge in [0.05, 0.1) is 28.9 Å². The lowest BCUT2D eigenvalue weighted by atomic mass is 9.92. The first-order valence-corrected chi connectivity index (χ1v) is 16.2. The van der Waals surface area contributed by atoms with E-state index in [0.717, 1.165) is 48.4 Å². The summed E-state index contributed by atoms with van der Waals surface area (Å²) in [6.07, 6.45) is 3.40. The third-order valence-corrected chi connectivity index (χ3v) is 9.40. The molecule has 1 aliphatic heterocycles. The first-order valence-electron chi connectivity index (χ1n) is 15.4. The zero-order chi connectivity index (χ0) is 32.5. The van der Waals surface area contributed by atoms with E-state index in [9.17, 15) is 14.7 Å². The molecule has 2 N–H and O–H groups in total. The molecule has 0 spiro atoms. The largest absolute Gasteiger partial charge is 0.459 e. The molecule has 0 radical (unpaired) electrons. The smallest absolute Gasteiger partial charge is 0.290 e. The number of fused-ring (bicyclic) bond motifs is 2. The van der Waals surface area contributed by atoms with Gasteiger partial charge in [0, 0.05) is 42.1 Å². The minimum atomic E-state index is -0.715. The Balaban J connectivity index is 1.14. The molecular weight excluding hydrogens is 611 g/mol. The van der Waals surface area contributed by atoms with Crippen molar-refractivity contribution in [2.24, 2.45) is 0 Å².